The molecule has 1 fully saturated rings. The van der Waals surface area contributed by atoms with Gasteiger partial charge in [0.15, 0.2) is 0 Å². The van der Waals surface area contributed by atoms with Crippen LogP contribution in [0.2, 0.25) is 0 Å². The summed E-state index contributed by atoms with van der Waals surface area (Å²) in [6.45, 7) is 0. The lowest BCUT2D eigenvalue weighted by Gasteiger charge is -2.24. The fourth-order valence-electron chi connectivity index (χ4n) is 3.43. The van der Waals surface area contributed by atoms with Crippen LogP contribution >= 0.6 is 11.8 Å². The van der Waals surface area contributed by atoms with Crippen molar-refractivity contribution in [2.45, 2.75) is 44.9 Å². The summed E-state index contributed by atoms with van der Waals surface area (Å²) in [5.41, 5.74) is 6.59. The Morgan fingerprint density at radius 2 is 1.90 bits per heavy atom. The molecule has 1 aromatic heterocycles. The number of aromatic nitrogens is 1. The predicted molar refractivity (Wildman–Crippen MR) is 81.3 cm³/mol. The van der Waals surface area contributed by atoms with E-state index in [1.165, 1.54) is 53.8 Å². The largest absolute Gasteiger partial charge is 0.320 e. The minimum Gasteiger partial charge on any atom is -0.320 e. The highest BCUT2D eigenvalue weighted by molar-refractivity contribution is 8.04. The van der Waals surface area contributed by atoms with Crippen molar-refractivity contribution in [3.8, 4) is 0 Å². The van der Waals surface area contributed by atoms with Gasteiger partial charge in [-0.3, -0.25) is 9.78 Å². The molecular formula is C16H18N2OS. The topological polar surface area (TPSA) is 42.0 Å². The Labute approximate surface area is 123 Å². The Morgan fingerprint density at radius 3 is 2.75 bits per heavy atom. The van der Waals surface area contributed by atoms with Crippen LogP contribution in [0.3, 0.4) is 0 Å². The third-order valence-corrected chi connectivity index (χ3v) is 5.46. The van der Waals surface area contributed by atoms with Gasteiger partial charge < -0.3 is 5.32 Å². The number of allylic oxidation sites excluding steroid dienone is 1. The highest BCUT2D eigenvalue weighted by Crippen LogP contribution is 2.38. The molecule has 3 nitrogen and oxygen atoms in total. The number of thioether (sulfide) groups is 1. The smallest absolute Gasteiger partial charge is 0.235 e. The maximum absolute atomic E-state index is 11.5. The zero-order chi connectivity index (χ0) is 13.5. The van der Waals surface area contributed by atoms with Gasteiger partial charge in [-0.2, -0.15) is 0 Å². The molecule has 0 unspecified atom stereocenters. The van der Waals surface area contributed by atoms with E-state index in [9.17, 15) is 4.79 Å². The molecule has 2 aliphatic carbocycles. The molecule has 1 aromatic rings. The number of rotatable bonds is 0. The minimum absolute atomic E-state index is 0.127. The van der Waals surface area contributed by atoms with E-state index >= 15 is 0 Å². The lowest BCUT2D eigenvalue weighted by atomic mass is 9.87. The predicted octanol–water partition coefficient (Wildman–Crippen LogP) is 2.83. The van der Waals surface area contributed by atoms with E-state index in [4.69, 9.17) is 4.98 Å². The molecule has 2 heterocycles. The molecule has 0 saturated carbocycles. The van der Waals surface area contributed by atoms with E-state index in [2.05, 4.69) is 11.4 Å². The SMILES string of the molecule is O=C1CSC(=C2CCCc3cc4c(nc32)CCCC4)N1. The lowest BCUT2D eigenvalue weighted by Crippen LogP contribution is -2.18. The molecule has 1 aliphatic heterocycles. The average molecular weight is 286 g/mol. The first-order chi connectivity index (χ1) is 9.81. The van der Waals surface area contributed by atoms with Gasteiger partial charge in [-0.1, -0.05) is 17.8 Å². The van der Waals surface area contributed by atoms with E-state index < -0.39 is 0 Å². The summed E-state index contributed by atoms with van der Waals surface area (Å²) >= 11 is 1.64. The Balaban J connectivity index is 1.82. The molecule has 1 N–H and O–H groups in total. The van der Waals surface area contributed by atoms with Gasteiger partial charge >= 0.3 is 0 Å². The quantitative estimate of drug-likeness (QED) is 0.797. The van der Waals surface area contributed by atoms with E-state index in [1.807, 2.05) is 0 Å². The molecule has 3 aliphatic rings. The van der Waals surface area contributed by atoms with Crippen LogP contribution in [0, 0.1) is 0 Å². The van der Waals surface area contributed by atoms with Crippen LogP contribution in [0.1, 0.15) is 48.2 Å². The minimum atomic E-state index is 0.127. The number of carbonyl (C=O) groups is 1. The van der Waals surface area contributed by atoms with Crippen molar-refractivity contribution in [3.63, 3.8) is 0 Å². The van der Waals surface area contributed by atoms with Gasteiger partial charge in [0.1, 0.15) is 0 Å². The van der Waals surface area contributed by atoms with Crippen LogP contribution in [0.15, 0.2) is 11.1 Å². The van der Waals surface area contributed by atoms with Crippen LogP contribution in [0.4, 0.5) is 0 Å². The van der Waals surface area contributed by atoms with Crippen LogP contribution in [0.25, 0.3) is 5.57 Å². The summed E-state index contributed by atoms with van der Waals surface area (Å²) < 4.78 is 0. The van der Waals surface area contributed by atoms with Gasteiger partial charge in [0.05, 0.1) is 16.5 Å². The Kier molecular flexibility index (Phi) is 3.06. The highest BCUT2D eigenvalue weighted by Gasteiger charge is 2.26. The summed E-state index contributed by atoms with van der Waals surface area (Å²) in [6.07, 6.45) is 8.20. The first kappa shape index (κ1) is 12.5. The zero-order valence-corrected chi connectivity index (χ0v) is 12.3. The fourth-order valence-corrected chi connectivity index (χ4v) is 4.33. The molecule has 4 heteroatoms. The Hall–Kier alpha value is -1.29. The molecule has 1 amide bonds. The third kappa shape index (κ3) is 2.06. The van der Waals surface area contributed by atoms with Crippen molar-refractivity contribution >= 4 is 23.2 Å². The molecule has 0 aromatic carbocycles. The summed E-state index contributed by atoms with van der Waals surface area (Å²) in [5.74, 6) is 0.682. The summed E-state index contributed by atoms with van der Waals surface area (Å²) in [5, 5.41) is 4.06. The summed E-state index contributed by atoms with van der Waals surface area (Å²) in [7, 11) is 0. The molecule has 4 rings (SSSR count). The first-order valence-electron chi connectivity index (χ1n) is 7.49. The van der Waals surface area contributed by atoms with Crippen molar-refractivity contribution in [3.05, 3.63) is 33.6 Å². The third-order valence-electron chi connectivity index (χ3n) is 4.41. The molecule has 104 valence electrons. The van der Waals surface area contributed by atoms with Gasteiger partial charge in [-0.05, 0) is 56.1 Å². The van der Waals surface area contributed by atoms with Crippen molar-refractivity contribution in [2.24, 2.45) is 0 Å². The molecule has 0 bridgehead atoms. The van der Waals surface area contributed by atoms with E-state index in [0.717, 1.165) is 24.3 Å². The number of pyridine rings is 1. The maximum Gasteiger partial charge on any atom is 0.235 e. The van der Waals surface area contributed by atoms with Gasteiger partial charge in [0.2, 0.25) is 5.91 Å². The number of nitrogens with zero attached hydrogens (tertiary/aromatic N) is 1. The Morgan fingerprint density at radius 1 is 1.05 bits per heavy atom. The number of hydrogen-bond acceptors (Lipinski definition) is 3. The Bertz CT molecular complexity index is 621. The second kappa shape index (κ2) is 4.92. The maximum atomic E-state index is 11.5. The highest BCUT2D eigenvalue weighted by atomic mass is 32.2. The van der Waals surface area contributed by atoms with Crippen LogP contribution in [-0.4, -0.2) is 16.6 Å². The molecular weight excluding hydrogens is 268 g/mol. The number of fused-ring (bicyclic) bond motifs is 2. The average Bonchev–Trinajstić information content (AvgIpc) is 2.91. The van der Waals surface area contributed by atoms with Gasteiger partial charge in [-0.15, -0.1) is 0 Å². The zero-order valence-electron chi connectivity index (χ0n) is 11.5. The van der Waals surface area contributed by atoms with Crippen molar-refractivity contribution < 1.29 is 4.79 Å². The monoisotopic (exact) mass is 286 g/mol. The van der Waals surface area contributed by atoms with Crippen LogP contribution in [0.5, 0.6) is 0 Å². The fraction of sp³-hybridized carbons (Fsp3) is 0.500. The van der Waals surface area contributed by atoms with Crippen molar-refractivity contribution in [1.29, 1.82) is 0 Å². The number of nitrogens with one attached hydrogen (secondary N) is 1. The second-order valence-electron chi connectivity index (χ2n) is 5.81. The van der Waals surface area contributed by atoms with Gasteiger partial charge in [0, 0.05) is 11.3 Å². The van der Waals surface area contributed by atoms with E-state index in [0.29, 0.717) is 5.75 Å². The van der Waals surface area contributed by atoms with Gasteiger partial charge in [-0.25, -0.2) is 0 Å². The summed E-state index contributed by atoms with van der Waals surface area (Å²) in [4.78, 5) is 16.4. The number of hydrogen-bond donors (Lipinski definition) is 1. The molecule has 0 radical (unpaired) electrons. The standard InChI is InChI=1S/C16H18N2OS/c19-14-9-20-16(18-14)12-6-3-5-11-8-10-4-1-2-7-13(10)17-15(11)12/h8H,1-7,9H2,(H,18,19). The number of amides is 1. The number of carbonyl (C=O) groups excluding carboxylic acids is 1. The molecule has 0 atom stereocenters. The molecule has 1 saturated heterocycles. The van der Waals surface area contributed by atoms with Crippen LogP contribution < -0.4 is 5.32 Å². The normalized spacial score (nSPS) is 25.1. The van der Waals surface area contributed by atoms with Crippen LogP contribution in [-0.2, 0) is 24.1 Å². The second-order valence-corrected chi connectivity index (χ2v) is 6.79. The first-order valence-corrected chi connectivity index (χ1v) is 8.47. The van der Waals surface area contributed by atoms with Gasteiger partial charge in [0.25, 0.3) is 0 Å². The number of aryl methyl sites for hydroxylation is 3. The molecule has 20 heavy (non-hydrogen) atoms. The van der Waals surface area contributed by atoms with E-state index in [-0.39, 0.29) is 5.91 Å². The summed E-state index contributed by atoms with van der Waals surface area (Å²) in [6, 6.07) is 2.39. The molecule has 0 spiro atoms. The lowest BCUT2D eigenvalue weighted by molar-refractivity contribution is -0.117. The van der Waals surface area contributed by atoms with Crippen molar-refractivity contribution in [1.82, 2.24) is 10.3 Å². The van der Waals surface area contributed by atoms with Crippen molar-refractivity contribution in [2.75, 3.05) is 5.75 Å². The van der Waals surface area contributed by atoms with E-state index in [1.54, 1.807) is 11.8 Å².